The summed E-state index contributed by atoms with van der Waals surface area (Å²) in [5.74, 6) is -0.365. The van der Waals surface area contributed by atoms with Gasteiger partial charge in [-0.25, -0.2) is 0 Å². The number of carbonyl (C=O) groups excluding carboxylic acids is 2. The molecular weight excluding hydrogens is 196 g/mol. The van der Waals surface area contributed by atoms with Crippen LogP contribution in [0.4, 0.5) is 0 Å². The van der Waals surface area contributed by atoms with E-state index in [-0.39, 0.29) is 17.9 Å². The van der Waals surface area contributed by atoms with Gasteiger partial charge in [0, 0.05) is 20.1 Å². The molecule has 1 aliphatic heterocycles. The quantitative estimate of drug-likeness (QED) is 0.475. The van der Waals surface area contributed by atoms with E-state index >= 15 is 0 Å². The van der Waals surface area contributed by atoms with Crippen LogP contribution in [-0.2, 0) is 14.3 Å². The smallest absolute Gasteiger partial charge is 0.243 e. The number of imide groups is 1. The zero-order valence-electron chi connectivity index (χ0n) is 9.04. The monoisotopic (exact) mass is 214 g/mol. The number of methoxy groups -OCH3 is 1. The van der Waals surface area contributed by atoms with Crippen molar-refractivity contribution in [1.29, 1.82) is 0 Å². The normalized spacial score (nSPS) is 21.5. The van der Waals surface area contributed by atoms with Gasteiger partial charge in [0.1, 0.15) is 0 Å². The van der Waals surface area contributed by atoms with Crippen molar-refractivity contribution in [3.8, 4) is 0 Å². The molecule has 0 spiro atoms. The lowest BCUT2D eigenvalue weighted by molar-refractivity contribution is -0.134. The van der Waals surface area contributed by atoms with Crippen LogP contribution in [-0.4, -0.2) is 38.1 Å². The molecule has 0 aromatic carbocycles. The molecule has 0 aromatic heterocycles. The van der Waals surface area contributed by atoms with E-state index in [4.69, 9.17) is 4.74 Å². The Morgan fingerprint density at radius 2 is 2.27 bits per heavy atom. The van der Waals surface area contributed by atoms with Crippen molar-refractivity contribution in [3.63, 3.8) is 0 Å². The SMILES string of the molecule is COCCCCNC1CCC(=O)NC1=O. The Balaban J connectivity index is 2.10. The van der Waals surface area contributed by atoms with Crippen LogP contribution in [0.1, 0.15) is 25.7 Å². The first-order valence-electron chi connectivity index (χ1n) is 5.30. The predicted octanol–water partition coefficient (Wildman–Crippen LogP) is -0.192. The molecule has 1 aliphatic rings. The molecule has 1 saturated heterocycles. The lowest BCUT2D eigenvalue weighted by atomic mass is 10.1. The molecule has 1 atom stereocenters. The Morgan fingerprint density at radius 1 is 1.47 bits per heavy atom. The molecule has 0 saturated carbocycles. The van der Waals surface area contributed by atoms with Gasteiger partial charge < -0.3 is 10.1 Å². The minimum Gasteiger partial charge on any atom is -0.385 e. The number of hydrogen-bond acceptors (Lipinski definition) is 4. The first-order chi connectivity index (χ1) is 7.24. The zero-order chi connectivity index (χ0) is 11.1. The van der Waals surface area contributed by atoms with Crippen LogP contribution in [0, 0.1) is 0 Å². The Hall–Kier alpha value is -0.940. The molecule has 0 bridgehead atoms. The first-order valence-corrected chi connectivity index (χ1v) is 5.30. The van der Waals surface area contributed by atoms with Crippen molar-refractivity contribution in [3.05, 3.63) is 0 Å². The lowest BCUT2D eigenvalue weighted by Gasteiger charge is -2.21. The molecule has 15 heavy (non-hydrogen) atoms. The maximum Gasteiger partial charge on any atom is 0.243 e. The van der Waals surface area contributed by atoms with Gasteiger partial charge in [-0.1, -0.05) is 0 Å². The average Bonchev–Trinajstić information content (AvgIpc) is 2.20. The topological polar surface area (TPSA) is 67.4 Å². The number of carbonyl (C=O) groups is 2. The third-order valence-corrected chi connectivity index (χ3v) is 2.41. The number of rotatable bonds is 6. The van der Waals surface area contributed by atoms with E-state index < -0.39 is 0 Å². The molecule has 2 amide bonds. The van der Waals surface area contributed by atoms with Crippen LogP contribution in [0.25, 0.3) is 0 Å². The summed E-state index contributed by atoms with van der Waals surface area (Å²) < 4.78 is 4.92. The standard InChI is InChI=1S/C10H18N2O3/c1-15-7-3-2-6-11-8-4-5-9(13)12-10(8)14/h8,11H,2-7H2,1H3,(H,12,13,14). The second-order valence-corrected chi connectivity index (χ2v) is 3.66. The largest absolute Gasteiger partial charge is 0.385 e. The molecule has 0 aliphatic carbocycles. The second-order valence-electron chi connectivity index (χ2n) is 3.66. The molecule has 1 unspecified atom stereocenters. The van der Waals surface area contributed by atoms with Gasteiger partial charge in [-0.3, -0.25) is 14.9 Å². The van der Waals surface area contributed by atoms with Crippen LogP contribution in [0.3, 0.4) is 0 Å². The fourth-order valence-electron chi connectivity index (χ4n) is 1.54. The van der Waals surface area contributed by atoms with Crippen molar-refractivity contribution < 1.29 is 14.3 Å². The van der Waals surface area contributed by atoms with Crippen LogP contribution >= 0.6 is 0 Å². The second kappa shape index (κ2) is 6.53. The van der Waals surface area contributed by atoms with Gasteiger partial charge >= 0.3 is 0 Å². The summed E-state index contributed by atoms with van der Waals surface area (Å²) in [4.78, 5) is 22.2. The van der Waals surface area contributed by atoms with Crippen molar-refractivity contribution >= 4 is 11.8 Å². The van der Waals surface area contributed by atoms with Crippen LogP contribution in [0.2, 0.25) is 0 Å². The number of hydrogen-bond donors (Lipinski definition) is 2. The highest BCUT2D eigenvalue weighted by Gasteiger charge is 2.25. The molecule has 0 radical (unpaired) electrons. The van der Waals surface area contributed by atoms with E-state index in [2.05, 4.69) is 10.6 Å². The predicted molar refractivity (Wildman–Crippen MR) is 55.3 cm³/mol. The summed E-state index contributed by atoms with van der Waals surface area (Å²) in [5.41, 5.74) is 0. The molecule has 1 heterocycles. The molecule has 1 rings (SSSR count). The van der Waals surface area contributed by atoms with Crippen molar-refractivity contribution in [1.82, 2.24) is 10.6 Å². The number of ether oxygens (including phenoxy) is 1. The lowest BCUT2D eigenvalue weighted by Crippen LogP contribution is -2.50. The first kappa shape index (κ1) is 12.1. The van der Waals surface area contributed by atoms with Crippen molar-refractivity contribution in [2.24, 2.45) is 0 Å². The highest BCUT2D eigenvalue weighted by Crippen LogP contribution is 2.04. The number of amides is 2. The number of unbranched alkanes of at least 4 members (excludes halogenated alkanes) is 1. The molecule has 5 heteroatoms. The number of nitrogens with one attached hydrogen (secondary N) is 2. The van der Waals surface area contributed by atoms with Gasteiger partial charge in [0.2, 0.25) is 11.8 Å². The fourth-order valence-corrected chi connectivity index (χ4v) is 1.54. The summed E-state index contributed by atoms with van der Waals surface area (Å²) in [6.45, 7) is 1.53. The van der Waals surface area contributed by atoms with Crippen molar-refractivity contribution in [2.75, 3.05) is 20.3 Å². The van der Waals surface area contributed by atoms with E-state index in [9.17, 15) is 9.59 Å². The molecular formula is C10H18N2O3. The molecule has 2 N–H and O–H groups in total. The Labute approximate surface area is 89.6 Å². The van der Waals surface area contributed by atoms with E-state index in [1.54, 1.807) is 7.11 Å². The zero-order valence-corrected chi connectivity index (χ0v) is 9.04. The van der Waals surface area contributed by atoms with Gasteiger partial charge in [-0.2, -0.15) is 0 Å². The van der Waals surface area contributed by atoms with Gasteiger partial charge in [-0.15, -0.1) is 0 Å². The summed E-state index contributed by atoms with van der Waals surface area (Å²) in [7, 11) is 1.67. The van der Waals surface area contributed by atoms with Crippen LogP contribution in [0.5, 0.6) is 0 Å². The Morgan fingerprint density at radius 3 is 2.93 bits per heavy atom. The third-order valence-electron chi connectivity index (χ3n) is 2.41. The summed E-state index contributed by atoms with van der Waals surface area (Å²) in [6, 6.07) is -0.203. The van der Waals surface area contributed by atoms with Gasteiger partial charge in [0.25, 0.3) is 0 Å². The molecule has 1 fully saturated rings. The fraction of sp³-hybridized carbons (Fsp3) is 0.800. The van der Waals surface area contributed by atoms with E-state index in [0.29, 0.717) is 12.8 Å². The van der Waals surface area contributed by atoms with E-state index in [0.717, 1.165) is 26.0 Å². The highest BCUT2D eigenvalue weighted by molar-refractivity contribution is 6.00. The number of piperidine rings is 1. The van der Waals surface area contributed by atoms with Gasteiger partial charge in [0.05, 0.1) is 6.04 Å². The maximum atomic E-state index is 11.3. The summed E-state index contributed by atoms with van der Waals surface area (Å²) in [6.07, 6.45) is 3.00. The Kier molecular flexibility index (Phi) is 5.28. The van der Waals surface area contributed by atoms with Crippen LogP contribution < -0.4 is 10.6 Å². The van der Waals surface area contributed by atoms with Crippen LogP contribution in [0.15, 0.2) is 0 Å². The maximum absolute atomic E-state index is 11.3. The summed E-state index contributed by atoms with van der Waals surface area (Å²) >= 11 is 0. The summed E-state index contributed by atoms with van der Waals surface area (Å²) in [5, 5.41) is 5.45. The van der Waals surface area contributed by atoms with Gasteiger partial charge in [-0.05, 0) is 25.8 Å². The third kappa shape index (κ3) is 4.40. The molecule has 86 valence electrons. The molecule has 0 aromatic rings. The highest BCUT2D eigenvalue weighted by atomic mass is 16.5. The minimum atomic E-state index is -0.203. The minimum absolute atomic E-state index is 0.169. The van der Waals surface area contributed by atoms with E-state index in [1.165, 1.54) is 0 Å². The average molecular weight is 214 g/mol. The Bertz CT molecular complexity index is 231. The molecule has 5 nitrogen and oxygen atoms in total. The van der Waals surface area contributed by atoms with E-state index in [1.807, 2.05) is 0 Å². The van der Waals surface area contributed by atoms with Crippen molar-refractivity contribution in [2.45, 2.75) is 31.7 Å². The van der Waals surface area contributed by atoms with Gasteiger partial charge in [0.15, 0.2) is 0 Å².